The molecular formula is C15H26. The third kappa shape index (κ3) is 1.74. The van der Waals surface area contributed by atoms with Crippen molar-refractivity contribution >= 4 is 0 Å². The molecule has 4 fully saturated rings. The van der Waals surface area contributed by atoms with Gasteiger partial charge in [-0.05, 0) is 67.6 Å². The molecule has 0 aliphatic heterocycles. The summed E-state index contributed by atoms with van der Waals surface area (Å²) in [6.07, 6.45) is 12.4. The topological polar surface area (TPSA) is 0 Å². The van der Waals surface area contributed by atoms with E-state index in [0.29, 0.717) is 0 Å². The smallest absolute Gasteiger partial charge is 0.0320 e. The fraction of sp³-hybridized carbons (Fsp3) is 1.00. The molecular weight excluding hydrogens is 180 g/mol. The Balaban J connectivity index is 1.87. The Kier molecular flexibility index (Phi) is 2.37. The molecule has 86 valence electrons. The van der Waals surface area contributed by atoms with Gasteiger partial charge in [0.2, 0.25) is 0 Å². The molecule has 0 aromatic carbocycles. The Morgan fingerprint density at radius 3 is 2.33 bits per heavy atom. The molecule has 3 atom stereocenters. The van der Waals surface area contributed by atoms with Crippen LogP contribution in [0.15, 0.2) is 0 Å². The summed E-state index contributed by atoms with van der Waals surface area (Å²) in [4.78, 5) is 0. The third-order valence-corrected chi connectivity index (χ3v) is 6.03. The summed E-state index contributed by atoms with van der Waals surface area (Å²) in [5, 5.41) is 0. The molecule has 4 rings (SSSR count). The van der Waals surface area contributed by atoms with Crippen LogP contribution in [0.3, 0.4) is 0 Å². The van der Waals surface area contributed by atoms with Crippen LogP contribution in [0.5, 0.6) is 0 Å². The second-order valence-electron chi connectivity index (χ2n) is 7.16. The van der Waals surface area contributed by atoms with Crippen molar-refractivity contribution in [3.8, 4) is 0 Å². The van der Waals surface area contributed by atoms with E-state index in [1.807, 2.05) is 0 Å². The molecule has 0 amide bonds. The van der Waals surface area contributed by atoms with E-state index >= 15 is 0 Å². The second kappa shape index (κ2) is 3.50. The molecule has 4 saturated carbocycles. The van der Waals surface area contributed by atoms with Crippen molar-refractivity contribution in [1.82, 2.24) is 0 Å². The molecule has 0 heteroatoms. The lowest BCUT2D eigenvalue weighted by Gasteiger charge is -2.35. The van der Waals surface area contributed by atoms with E-state index in [2.05, 4.69) is 13.8 Å². The van der Waals surface area contributed by atoms with Crippen LogP contribution in [0.1, 0.15) is 65.2 Å². The average Bonchev–Trinajstić information content (AvgIpc) is 2.63. The van der Waals surface area contributed by atoms with Gasteiger partial charge in [0.25, 0.3) is 0 Å². The lowest BCUT2D eigenvalue weighted by atomic mass is 9.71. The second-order valence-corrected chi connectivity index (χ2v) is 7.16. The van der Waals surface area contributed by atoms with Crippen LogP contribution in [-0.4, -0.2) is 0 Å². The molecule has 0 N–H and O–H groups in total. The van der Waals surface area contributed by atoms with Gasteiger partial charge in [0.1, 0.15) is 0 Å². The van der Waals surface area contributed by atoms with Gasteiger partial charge in [-0.1, -0.05) is 26.7 Å². The zero-order chi connectivity index (χ0) is 10.5. The van der Waals surface area contributed by atoms with E-state index < -0.39 is 0 Å². The zero-order valence-electron chi connectivity index (χ0n) is 10.5. The largest absolute Gasteiger partial charge is 0.0620 e. The molecule has 15 heavy (non-hydrogen) atoms. The summed E-state index contributed by atoms with van der Waals surface area (Å²) >= 11 is 0. The van der Waals surface area contributed by atoms with Crippen LogP contribution >= 0.6 is 0 Å². The predicted molar refractivity (Wildman–Crippen MR) is 64.7 cm³/mol. The summed E-state index contributed by atoms with van der Waals surface area (Å²) < 4.78 is 0. The van der Waals surface area contributed by atoms with Gasteiger partial charge in [-0.25, -0.2) is 0 Å². The van der Waals surface area contributed by atoms with Crippen molar-refractivity contribution in [2.24, 2.45) is 29.1 Å². The van der Waals surface area contributed by atoms with Crippen LogP contribution in [0, 0.1) is 29.1 Å². The number of hydrogen-bond donors (Lipinski definition) is 0. The van der Waals surface area contributed by atoms with Gasteiger partial charge in [-0.15, -0.1) is 0 Å². The Morgan fingerprint density at radius 2 is 1.60 bits per heavy atom. The van der Waals surface area contributed by atoms with E-state index in [1.54, 1.807) is 44.9 Å². The highest BCUT2D eigenvalue weighted by Gasteiger charge is 2.43. The van der Waals surface area contributed by atoms with Crippen molar-refractivity contribution < 1.29 is 0 Å². The maximum atomic E-state index is 2.58. The fourth-order valence-electron chi connectivity index (χ4n) is 5.01. The summed E-state index contributed by atoms with van der Waals surface area (Å²) in [5.74, 6) is 4.30. The van der Waals surface area contributed by atoms with Crippen LogP contribution in [0.2, 0.25) is 0 Å². The Bertz CT molecular complexity index is 236. The van der Waals surface area contributed by atoms with Gasteiger partial charge in [-0.2, -0.15) is 0 Å². The maximum absolute atomic E-state index is 2.58. The standard InChI is InChI=1S/C15H26/c1-11-13-5-3-12(4-6-13)9-15(2)8-7-14(11)10-15/h11-14H,3-10H2,1-2H3. The summed E-state index contributed by atoms with van der Waals surface area (Å²) in [6, 6.07) is 0. The maximum Gasteiger partial charge on any atom is -0.0320 e. The minimum Gasteiger partial charge on any atom is -0.0620 e. The highest BCUT2D eigenvalue weighted by Crippen LogP contribution is 2.54. The average molecular weight is 206 g/mol. The minimum atomic E-state index is 0.739. The van der Waals surface area contributed by atoms with Crippen molar-refractivity contribution in [3.05, 3.63) is 0 Å². The number of rotatable bonds is 0. The lowest BCUT2D eigenvalue weighted by Crippen LogP contribution is -2.23. The highest BCUT2D eigenvalue weighted by molar-refractivity contribution is 4.94. The predicted octanol–water partition coefficient (Wildman–Crippen LogP) is 4.64. The molecule has 0 saturated heterocycles. The van der Waals surface area contributed by atoms with Gasteiger partial charge in [0.05, 0.1) is 0 Å². The van der Waals surface area contributed by atoms with Crippen LogP contribution in [0.25, 0.3) is 0 Å². The van der Waals surface area contributed by atoms with E-state index in [9.17, 15) is 0 Å². The number of hydrogen-bond acceptors (Lipinski definition) is 0. The molecule has 0 aromatic heterocycles. The third-order valence-electron chi connectivity index (χ3n) is 6.03. The molecule has 4 aliphatic carbocycles. The van der Waals surface area contributed by atoms with E-state index in [1.165, 1.54) is 6.42 Å². The van der Waals surface area contributed by atoms with Crippen molar-refractivity contribution in [2.75, 3.05) is 0 Å². The minimum absolute atomic E-state index is 0.739. The van der Waals surface area contributed by atoms with E-state index in [0.717, 1.165) is 29.1 Å². The van der Waals surface area contributed by atoms with Gasteiger partial charge in [0.15, 0.2) is 0 Å². The van der Waals surface area contributed by atoms with Gasteiger partial charge in [0, 0.05) is 0 Å². The zero-order valence-corrected chi connectivity index (χ0v) is 10.5. The van der Waals surface area contributed by atoms with E-state index in [4.69, 9.17) is 0 Å². The van der Waals surface area contributed by atoms with Gasteiger partial charge < -0.3 is 0 Å². The lowest BCUT2D eigenvalue weighted by molar-refractivity contribution is 0.164. The summed E-state index contributed by atoms with van der Waals surface area (Å²) in [6.45, 7) is 5.14. The Hall–Kier alpha value is 0. The quantitative estimate of drug-likeness (QED) is 0.541. The first kappa shape index (κ1) is 10.2. The highest BCUT2D eigenvalue weighted by atomic mass is 14.5. The molecule has 0 radical (unpaired) electrons. The molecule has 0 spiro atoms. The van der Waals surface area contributed by atoms with E-state index in [-0.39, 0.29) is 0 Å². The van der Waals surface area contributed by atoms with Crippen molar-refractivity contribution in [1.29, 1.82) is 0 Å². The Labute approximate surface area is 94.8 Å². The normalized spacial score (nSPS) is 54.8. The molecule has 0 nitrogen and oxygen atoms in total. The summed E-state index contributed by atoms with van der Waals surface area (Å²) in [5.41, 5.74) is 0.739. The van der Waals surface area contributed by atoms with Gasteiger partial charge in [-0.3, -0.25) is 0 Å². The fourth-order valence-corrected chi connectivity index (χ4v) is 5.01. The summed E-state index contributed by atoms with van der Waals surface area (Å²) in [7, 11) is 0. The SMILES string of the molecule is CC1C2CCC(CC2)CC2(C)CCC1C2. The first-order chi connectivity index (χ1) is 7.16. The molecule has 0 aromatic rings. The molecule has 4 bridgehead atoms. The van der Waals surface area contributed by atoms with Crippen LogP contribution < -0.4 is 0 Å². The van der Waals surface area contributed by atoms with Gasteiger partial charge >= 0.3 is 0 Å². The van der Waals surface area contributed by atoms with Crippen LogP contribution in [-0.2, 0) is 0 Å². The first-order valence-electron chi connectivity index (χ1n) is 7.16. The van der Waals surface area contributed by atoms with Crippen LogP contribution in [0.4, 0.5) is 0 Å². The van der Waals surface area contributed by atoms with Crippen molar-refractivity contribution in [3.63, 3.8) is 0 Å². The Morgan fingerprint density at radius 1 is 0.867 bits per heavy atom. The number of fused-ring (bicyclic) bond motifs is 2. The monoisotopic (exact) mass is 206 g/mol. The molecule has 4 aliphatic rings. The molecule has 3 unspecified atom stereocenters. The molecule has 0 heterocycles. The first-order valence-corrected chi connectivity index (χ1v) is 7.16. The van der Waals surface area contributed by atoms with Crippen molar-refractivity contribution in [2.45, 2.75) is 65.2 Å².